The Bertz CT molecular complexity index is 1100. The van der Waals surface area contributed by atoms with Crippen LogP contribution in [-0.4, -0.2) is 17.0 Å². The molecule has 1 aliphatic rings. The molecule has 4 nitrogen and oxygen atoms in total. The molecule has 156 valence electrons. The number of hydrogen-bond donors (Lipinski definition) is 2. The highest BCUT2D eigenvalue weighted by molar-refractivity contribution is 6.33. The highest BCUT2D eigenvalue weighted by atomic mass is 35.5. The Labute approximate surface area is 186 Å². The second kappa shape index (κ2) is 9.19. The van der Waals surface area contributed by atoms with Gasteiger partial charge in [-0.25, -0.2) is 0 Å². The lowest BCUT2D eigenvalue weighted by Crippen LogP contribution is -2.42. The van der Waals surface area contributed by atoms with Gasteiger partial charge in [0.15, 0.2) is 0 Å². The number of carbonyl (C=O) groups is 2. The van der Waals surface area contributed by atoms with E-state index in [1.807, 2.05) is 72.8 Å². The Morgan fingerprint density at radius 3 is 1.71 bits per heavy atom. The zero-order chi connectivity index (χ0) is 21.8. The number of halogens is 1. The molecule has 4 atom stereocenters. The first-order chi connectivity index (χ1) is 15.1. The number of allylic oxidation sites excluding steroid dienone is 2. The molecule has 0 radical (unpaired) electrons. The summed E-state index contributed by atoms with van der Waals surface area (Å²) in [5.74, 6) is -3.89. The first-order valence-corrected chi connectivity index (χ1v) is 10.5. The molecule has 0 heterocycles. The first-order valence-electron chi connectivity index (χ1n) is 10.1. The van der Waals surface area contributed by atoms with Crippen LogP contribution in [0.15, 0.2) is 97.1 Å². The number of benzene rings is 3. The van der Waals surface area contributed by atoms with E-state index in [2.05, 4.69) is 5.32 Å². The van der Waals surface area contributed by atoms with E-state index in [0.717, 1.165) is 11.1 Å². The van der Waals surface area contributed by atoms with Crippen LogP contribution in [0.2, 0.25) is 5.02 Å². The van der Waals surface area contributed by atoms with Crippen LogP contribution in [0.25, 0.3) is 0 Å². The van der Waals surface area contributed by atoms with Crippen LogP contribution < -0.4 is 5.32 Å². The molecule has 0 saturated heterocycles. The third-order valence-corrected chi connectivity index (χ3v) is 6.10. The van der Waals surface area contributed by atoms with Crippen LogP contribution >= 0.6 is 11.6 Å². The van der Waals surface area contributed by atoms with Gasteiger partial charge < -0.3 is 10.4 Å². The molecular formula is C26H22ClNO3. The third kappa shape index (κ3) is 4.39. The van der Waals surface area contributed by atoms with Crippen LogP contribution in [0.1, 0.15) is 23.0 Å². The number of nitrogens with one attached hydrogen (secondary N) is 1. The molecule has 1 aliphatic carbocycles. The second-order valence-corrected chi connectivity index (χ2v) is 8.02. The number of para-hydroxylation sites is 1. The highest BCUT2D eigenvalue weighted by Crippen LogP contribution is 2.45. The van der Waals surface area contributed by atoms with Crippen molar-refractivity contribution in [1.82, 2.24) is 0 Å². The number of hydrogen-bond acceptors (Lipinski definition) is 2. The molecule has 3 aromatic rings. The Hall–Kier alpha value is -3.37. The van der Waals surface area contributed by atoms with E-state index in [1.54, 1.807) is 24.3 Å². The van der Waals surface area contributed by atoms with Crippen molar-refractivity contribution in [1.29, 1.82) is 0 Å². The molecule has 0 bridgehead atoms. The molecule has 4 rings (SSSR count). The van der Waals surface area contributed by atoms with Crippen LogP contribution in [-0.2, 0) is 9.59 Å². The van der Waals surface area contributed by atoms with Crippen LogP contribution in [0, 0.1) is 11.8 Å². The van der Waals surface area contributed by atoms with E-state index in [1.165, 1.54) is 0 Å². The number of carboxylic acid groups (broad SMARTS) is 1. The molecule has 0 spiro atoms. The van der Waals surface area contributed by atoms with Crippen molar-refractivity contribution in [3.63, 3.8) is 0 Å². The quantitative estimate of drug-likeness (QED) is 0.507. The third-order valence-electron chi connectivity index (χ3n) is 5.78. The fraction of sp³-hybridized carbons (Fsp3) is 0.154. The molecule has 0 fully saturated rings. The van der Waals surface area contributed by atoms with E-state index >= 15 is 0 Å². The predicted molar refractivity (Wildman–Crippen MR) is 122 cm³/mol. The molecule has 5 heteroatoms. The van der Waals surface area contributed by atoms with Crippen molar-refractivity contribution in [2.75, 3.05) is 5.32 Å². The summed E-state index contributed by atoms with van der Waals surface area (Å²) in [6.45, 7) is 0. The SMILES string of the molecule is O=C(Nc1ccccc1Cl)[C@@H]1[C@H](C(=O)O)[C@H](c2ccccc2)C=C[C@@H]1c1ccccc1. The summed E-state index contributed by atoms with van der Waals surface area (Å²) >= 11 is 6.24. The minimum absolute atomic E-state index is 0.361. The van der Waals surface area contributed by atoms with Gasteiger partial charge in [0.1, 0.15) is 0 Å². The molecule has 2 N–H and O–H groups in total. The Morgan fingerprint density at radius 2 is 1.19 bits per heavy atom. The maximum absolute atomic E-state index is 13.5. The zero-order valence-corrected chi connectivity index (χ0v) is 17.4. The van der Waals surface area contributed by atoms with Gasteiger partial charge in [0.05, 0.1) is 22.5 Å². The molecule has 0 unspecified atom stereocenters. The smallest absolute Gasteiger partial charge is 0.308 e. The van der Waals surface area contributed by atoms with Gasteiger partial charge in [0.25, 0.3) is 0 Å². The number of rotatable bonds is 5. The molecule has 0 aromatic heterocycles. The summed E-state index contributed by atoms with van der Waals surface area (Å²) in [5, 5.41) is 13.5. The van der Waals surface area contributed by atoms with Crippen molar-refractivity contribution in [2.45, 2.75) is 11.8 Å². The Kier molecular flexibility index (Phi) is 6.19. The molecular weight excluding hydrogens is 410 g/mol. The molecule has 3 aromatic carbocycles. The van der Waals surface area contributed by atoms with Gasteiger partial charge in [-0.3, -0.25) is 9.59 Å². The summed E-state index contributed by atoms with van der Waals surface area (Å²) in [4.78, 5) is 26.0. The van der Waals surface area contributed by atoms with Gasteiger partial charge in [-0.1, -0.05) is 96.5 Å². The maximum Gasteiger partial charge on any atom is 0.308 e. The topological polar surface area (TPSA) is 66.4 Å². The molecule has 1 amide bonds. The number of carbonyl (C=O) groups excluding carboxylic acids is 1. The van der Waals surface area contributed by atoms with E-state index in [4.69, 9.17) is 11.6 Å². The van der Waals surface area contributed by atoms with Gasteiger partial charge in [-0.15, -0.1) is 0 Å². The van der Waals surface area contributed by atoms with Crippen LogP contribution in [0.3, 0.4) is 0 Å². The minimum Gasteiger partial charge on any atom is -0.481 e. The fourth-order valence-corrected chi connectivity index (χ4v) is 4.51. The monoisotopic (exact) mass is 431 g/mol. The Morgan fingerprint density at radius 1 is 0.710 bits per heavy atom. The van der Waals surface area contributed by atoms with Crippen molar-refractivity contribution < 1.29 is 14.7 Å². The summed E-state index contributed by atoms with van der Waals surface area (Å²) in [6.07, 6.45) is 3.88. The Balaban J connectivity index is 1.79. The van der Waals surface area contributed by atoms with Crippen molar-refractivity contribution in [3.05, 3.63) is 113 Å². The number of amides is 1. The highest BCUT2D eigenvalue weighted by Gasteiger charge is 2.46. The van der Waals surface area contributed by atoms with Crippen molar-refractivity contribution in [2.24, 2.45) is 11.8 Å². The summed E-state index contributed by atoms with van der Waals surface area (Å²) in [5.41, 5.74) is 2.24. The molecule has 31 heavy (non-hydrogen) atoms. The molecule has 0 saturated carbocycles. The number of anilines is 1. The lowest BCUT2D eigenvalue weighted by atomic mass is 9.66. The fourth-order valence-electron chi connectivity index (χ4n) is 4.33. The zero-order valence-electron chi connectivity index (χ0n) is 16.7. The van der Waals surface area contributed by atoms with Gasteiger partial charge in [0.2, 0.25) is 5.91 Å². The standard InChI is InChI=1S/C26H22ClNO3/c27-21-13-7-8-14-22(21)28-25(29)23-19(17-9-3-1-4-10-17)15-16-20(24(23)26(30)31)18-11-5-2-6-12-18/h1-16,19-20,23-24H,(H,28,29)(H,30,31)/t19-,20+,23+,24-/m1/s1. The summed E-state index contributed by atoms with van der Waals surface area (Å²) in [6, 6.07) is 25.9. The second-order valence-electron chi connectivity index (χ2n) is 7.62. The van der Waals surface area contributed by atoms with Gasteiger partial charge in [-0.05, 0) is 23.3 Å². The first kappa shape index (κ1) is 20.9. The maximum atomic E-state index is 13.5. The average Bonchev–Trinajstić information content (AvgIpc) is 2.80. The van der Waals surface area contributed by atoms with Gasteiger partial charge >= 0.3 is 5.97 Å². The van der Waals surface area contributed by atoms with Crippen molar-refractivity contribution in [3.8, 4) is 0 Å². The predicted octanol–water partition coefficient (Wildman–Crippen LogP) is 5.73. The van der Waals surface area contributed by atoms with E-state index in [9.17, 15) is 14.7 Å². The van der Waals surface area contributed by atoms with Gasteiger partial charge in [-0.2, -0.15) is 0 Å². The van der Waals surface area contributed by atoms with Crippen LogP contribution in [0.5, 0.6) is 0 Å². The van der Waals surface area contributed by atoms with Crippen molar-refractivity contribution >= 4 is 29.2 Å². The van der Waals surface area contributed by atoms with Gasteiger partial charge in [0, 0.05) is 11.8 Å². The normalized spacial score (nSPS) is 22.6. The van der Waals surface area contributed by atoms with Crippen LogP contribution in [0.4, 0.5) is 5.69 Å². The number of carboxylic acids is 1. The van der Waals surface area contributed by atoms with E-state index in [0.29, 0.717) is 10.7 Å². The molecule has 0 aliphatic heterocycles. The summed E-state index contributed by atoms with van der Waals surface area (Å²) < 4.78 is 0. The lowest BCUT2D eigenvalue weighted by molar-refractivity contribution is -0.147. The average molecular weight is 432 g/mol. The lowest BCUT2D eigenvalue weighted by Gasteiger charge is -2.37. The summed E-state index contributed by atoms with van der Waals surface area (Å²) in [7, 11) is 0. The van der Waals surface area contributed by atoms with E-state index in [-0.39, 0.29) is 11.8 Å². The number of aliphatic carboxylic acids is 1. The van der Waals surface area contributed by atoms with E-state index < -0.39 is 23.7 Å². The largest absolute Gasteiger partial charge is 0.481 e. The minimum atomic E-state index is -1.00.